The molecule has 0 aliphatic carbocycles. The van der Waals surface area contributed by atoms with E-state index >= 15 is 0 Å². The van der Waals surface area contributed by atoms with E-state index in [4.69, 9.17) is 21.1 Å². The number of ether oxygens (including phenoxy) is 2. The van der Waals surface area contributed by atoms with Crippen LogP contribution in [0.4, 0.5) is 0 Å². The Morgan fingerprint density at radius 3 is 2.80 bits per heavy atom. The zero-order valence-electron chi connectivity index (χ0n) is 11.1. The molecular formula is C14H16ClNO3S. The standard InChI is InChI=1S/C14H16ClNO3S/c15-11-7-10(8-12-14(11)19-4-3-18-12)9-13(17)16-1-5-20-6-2-16/h7-8H,1-6,9H2. The molecule has 2 aliphatic rings. The fraction of sp³-hybridized carbons (Fsp3) is 0.500. The molecule has 2 heterocycles. The second-order valence-corrected chi connectivity index (χ2v) is 6.40. The molecule has 0 saturated carbocycles. The average molecular weight is 314 g/mol. The van der Waals surface area contributed by atoms with Crippen molar-refractivity contribution in [3.05, 3.63) is 22.7 Å². The second-order valence-electron chi connectivity index (χ2n) is 4.77. The number of benzene rings is 1. The summed E-state index contributed by atoms with van der Waals surface area (Å²) in [5.74, 6) is 3.42. The minimum absolute atomic E-state index is 0.151. The zero-order chi connectivity index (χ0) is 13.9. The van der Waals surface area contributed by atoms with E-state index in [1.165, 1.54) is 0 Å². The summed E-state index contributed by atoms with van der Waals surface area (Å²) in [6.07, 6.45) is 0.362. The van der Waals surface area contributed by atoms with Crippen LogP contribution in [0.15, 0.2) is 12.1 Å². The van der Waals surface area contributed by atoms with Crippen molar-refractivity contribution in [2.75, 3.05) is 37.8 Å². The number of halogens is 1. The van der Waals surface area contributed by atoms with Crippen molar-refractivity contribution in [1.82, 2.24) is 4.90 Å². The van der Waals surface area contributed by atoms with E-state index < -0.39 is 0 Å². The van der Waals surface area contributed by atoms with Crippen molar-refractivity contribution in [3.63, 3.8) is 0 Å². The lowest BCUT2D eigenvalue weighted by atomic mass is 10.1. The summed E-state index contributed by atoms with van der Waals surface area (Å²) in [7, 11) is 0. The Labute approximate surface area is 127 Å². The van der Waals surface area contributed by atoms with Crippen LogP contribution in [-0.2, 0) is 11.2 Å². The maximum atomic E-state index is 12.2. The van der Waals surface area contributed by atoms with Gasteiger partial charge in [0.15, 0.2) is 11.5 Å². The fourth-order valence-corrected chi connectivity index (χ4v) is 3.56. The molecule has 3 rings (SSSR count). The summed E-state index contributed by atoms with van der Waals surface area (Å²) < 4.78 is 11.0. The lowest BCUT2D eigenvalue weighted by molar-refractivity contribution is -0.130. The molecule has 108 valence electrons. The monoisotopic (exact) mass is 313 g/mol. The van der Waals surface area contributed by atoms with E-state index in [1.807, 2.05) is 22.7 Å². The lowest BCUT2D eigenvalue weighted by Crippen LogP contribution is -2.38. The number of rotatable bonds is 2. The van der Waals surface area contributed by atoms with Gasteiger partial charge in [-0.2, -0.15) is 11.8 Å². The molecule has 0 bridgehead atoms. The Bertz CT molecular complexity index is 517. The van der Waals surface area contributed by atoms with Crippen LogP contribution >= 0.6 is 23.4 Å². The van der Waals surface area contributed by atoms with Gasteiger partial charge in [-0.15, -0.1) is 0 Å². The Morgan fingerprint density at radius 2 is 2.00 bits per heavy atom. The molecule has 1 saturated heterocycles. The van der Waals surface area contributed by atoms with Crippen LogP contribution in [0.3, 0.4) is 0 Å². The van der Waals surface area contributed by atoms with E-state index in [-0.39, 0.29) is 5.91 Å². The third-order valence-corrected chi connectivity index (χ3v) is 4.60. The molecular weight excluding hydrogens is 298 g/mol. The topological polar surface area (TPSA) is 38.8 Å². The van der Waals surface area contributed by atoms with Crippen LogP contribution in [0.5, 0.6) is 11.5 Å². The molecule has 1 aromatic rings. The number of thioether (sulfide) groups is 1. The van der Waals surface area contributed by atoms with Gasteiger partial charge in [0.25, 0.3) is 0 Å². The number of carbonyl (C=O) groups excluding carboxylic acids is 1. The highest BCUT2D eigenvalue weighted by Crippen LogP contribution is 2.38. The number of carbonyl (C=O) groups is 1. The van der Waals surface area contributed by atoms with Crippen LogP contribution in [0.2, 0.25) is 5.02 Å². The third kappa shape index (κ3) is 2.99. The predicted molar refractivity (Wildman–Crippen MR) is 80.1 cm³/mol. The van der Waals surface area contributed by atoms with Crippen LogP contribution in [0.25, 0.3) is 0 Å². The number of fused-ring (bicyclic) bond motifs is 1. The quantitative estimate of drug-likeness (QED) is 0.839. The molecule has 0 unspecified atom stereocenters. The smallest absolute Gasteiger partial charge is 0.227 e. The molecule has 0 aromatic heterocycles. The first-order valence-corrected chi connectivity index (χ1v) is 8.21. The third-order valence-electron chi connectivity index (χ3n) is 3.38. The van der Waals surface area contributed by atoms with Crippen molar-refractivity contribution < 1.29 is 14.3 Å². The van der Waals surface area contributed by atoms with E-state index in [2.05, 4.69) is 0 Å². The molecule has 0 N–H and O–H groups in total. The first-order valence-electron chi connectivity index (χ1n) is 6.67. The van der Waals surface area contributed by atoms with Crippen molar-refractivity contribution in [2.24, 2.45) is 0 Å². The Hall–Kier alpha value is -1.07. The summed E-state index contributed by atoms with van der Waals surface area (Å²) in [5.41, 5.74) is 0.877. The fourth-order valence-electron chi connectivity index (χ4n) is 2.37. The lowest BCUT2D eigenvalue weighted by Gasteiger charge is -2.27. The first kappa shape index (κ1) is 13.9. The van der Waals surface area contributed by atoms with Gasteiger partial charge in [0, 0.05) is 24.6 Å². The molecule has 6 heteroatoms. The Balaban J connectivity index is 1.73. The highest BCUT2D eigenvalue weighted by atomic mass is 35.5. The van der Waals surface area contributed by atoms with E-state index in [0.29, 0.717) is 36.2 Å². The first-order chi connectivity index (χ1) is 9.74. The van der Waals surface area contributed by atoms with Gasteiger partial charge in [-0.25, -0.2) is 0 Å². The van der Waals surface area contributed by atoms with Crippen LogP contribution in [0.1, 0.15) is 5.56 Å². The molecule has 0 atom stereocenters. The molecule has 2 aliphatic heterocycles. The number of amides is 1. The van der Waals surface area contributed by atoms with E-state index in [0.717, 1.165) is 30.2 Å². The summed E-state index contributed by atoms with van der Waals surface area (Å²) in [6.45, 7) is 2.70. The van der Waals surface area contributed by atoms with Crippen molar-refractivity contribution in [1.29, 1.82) is 0 Å². The molecule has 1 amide bonds. The maximum Gasteiger partial charge on any atom is 0.227 e. The molecule has 1 aromatic carbocycles. The summed E-state index contributed by atoms with van der Waals surface area (Å²) in [4.78, 5) is 14.2. The predicted octanol–water partition coefficient (Wildman–Crippen LogP) is 2.23. The highest BCUT2D eigenvalue weighted by Gasteiger charge is 2.20. The van der Waals surface area contributed by atoms with Crippen molar-refractivity contribution >= 4 is 29.3 Å². The molecule has 0 radical (unpaired) electrons. The van der Waals surface area contributed by atoms with Gasteiger partial charge >= 0.3 is 0 Å². The Kier molecular flexibility index (Phi) is 4.27. The molecule has 20 heavy (non-hydrogen) atoms. The van der Waals surface area contributed by atoms with E-state index in [9.17, 15) is 4.79 Å². The Morgan fingerprint density at radius 1 is 1.25 bits per heavy atom. The minimum atomic E-state index is 0.151. The van der Waals surface area contributed by atoms with Gasteiger partial charge < -0.3 is 14.4 Å². The zero-order valence-corrected chi connectivity index (χ0v) is 12.6. The molecule has 0 spiro atoms. The van der Waals surface area contributed by atoms with Crippen LogP contribution < -0.4 is 9.47 Å². The SMILES string of the molecule is O=C(Cc1cc(Cl)c2c(c1)OCCO2)N1CCSCC1. The second kappa shape index (κ2) is 6.14. The molecule has 4 nitrogen and oxygen atoms in total. The van der Waals surface area contributed by atoms with Gasteiger partial charge in [0.05, 0.1) is 11.4 Å². The maximum absolute atomic E-state index is 12.2. The molecule has 1 fully saturated rings. The van der Waals surface area contributed by atoms with Gasteiger partial charge in [0.2, 0.25) is 5.91 Å². The van der Waals surface area contributed by atoms with Crippen molar-refractivity contribution in [3.8, 4) is 11.5 Å². The van der Waals surface area contributed by atoms with Gasteiger partial charge in [0.1, 0.15) is 13.2 Å². The van der Waals surface area contributed by atoms with Crippen LogP contribution in [0, 0.1) is 0 Å². The normalized spacial score (nSPS) is 17.9. The highest BCUT2D eigenvalue weighted by molar-refractivity contribution is 7.99. The number of nitrogens with zero attached hydrogens (tertiary/aromatic N) is 1. The summed E-state index contributed by atoms with van der Waals surface area (Å²) in [5, 5.41) is 0.513. The van der Waals surface area contributed by atoms with Crippen LogP contribution in [-0.4, -0.2) is 48.6 Å². The number of hydrogen-bond acceptors (Lipinski definition) is 4. The number of hydrogen-bond donors (Lipinski definition) is 0. The van der Waals surface area contributed by atoms with E-state index in [1.54, 1.807) is 6.07 Å². The summed E-state index contributed by atoms with van der Waals surface area (Å²) >= 11 is 8.08. The summed E-state index contributed by atoms with van der Waals surface area (Å²) in [6, 6.07) is 3.66. The largest absolute Gasteiger partial charge is 0.486 e. The minimum Gasteiger partial charge on any atom is -0.486 e. The van der Waals surface area contributed by atoms with Gasteiger partial charge in [-0.05, 0) is 17.7 Å². The van der Waals surface area contributed by atoms with Crippen molar-refractivity contribution in [2.45, 2.75) is 6.42 Å². The van der Waals surface area contributed by atoms with Gasteiger partial charge in [-0.1, -0.05) is 11.6 Å². The van der Waals surface area contributed by atoms with Gasteiger partial charge in [-0.3, -0.25) is 4.79 Å². The average Bonchev–Trinajstić information content (AvgIpc) is 2.48.